The molecular weight excluding hydrogens is 318 g/mol. The number of amides is 1. The number of nitrogens with one attached hydrogen (secondary N) is 1. The molecule has 0 aliphatic carbocycles. The van der Waals surface area contributed by atoms with Crippen LogP contribution in [-0.4, -0.2) is 32.8 Å². The zero-order chi connectivity index (χ0) is 17.5. The minimum Gasteiger partial charge on any atom is -0.496 e. The van der Waals surface area contributed by atoms with E-state index in [9.17, 15) is 4.79 Å². The van der Waals surface area contributed by atoms with Crippen LogP contribution in [0.1, 0.15) is 24.2 Å². The summed E-state index contributed by atoms with van der Waals surface area (Å²) in [6.45, 7) is 1.89. The summed E-state index contributed by atoms with van der Waals surface area (Å²) in [5, 5.41) is 3.03. The minimum atomic E-state index is -0.182. The van der Waals surface area contributed by atoms with Crippen molar-refractivity contribution in [2.75, 3.05) is 26.9 Å². The summed E-state index contributed by atoms with van der Waals surface area (Å²) in [7, 11) is 1.68. The number of carbonyl (C=O) groups excluding carboxylic acids is 1. The third-order valence-corrected chi connectivity index (χ3v) is 4.67. The van der Waals surface area contributed by atoms with Crippen molar-refractivity contribution in [3.8, 4) is 5.75 Å². The molecular formula is C20H23NO4. The van der Waals surface area contributed by atoms with Crippen LogP contribution >= 0.6 is 0 Å². The predicted molar refractivity (Wildman–Crippen MR) is 95.5 cm³/mol. The Morgan fingerprint density at radius 1 is 1.24 bits per heavy atom. The van der Waals surface area contributed by atoms with Gasteiger partial charge in [0.15, 0.2) is 0 Å². The van der Waals surface area contributed by atoms with E-state index in [2.05, 4.69) is 11.4 Å². The van der Waals surface area contributed by atoms with E-state index in [0.717, 1.165) is 24.2 Å². The monoisotopic (exact) mass is 341 g/mol. The number of benzene rings is 1. The zero-order valence-electron chi connectivity index (χ0n) is 14.4. The van der Waals surface area contributed by atoms with Gasteiger partial charge in [0.2, 0.25) is 5.91 Å². The summed E-state index contributed by atoms with van der Waals surface area (Å²) in [5.74, 6) is 1.36. The van der Waals surface area contributed by atoms with E-state index in [4.69, 9.17) is 13.9 Å². The number of methoxy groups -OCH3 is 1. The first-order valence-electron chi connectivity index (χ1n) is 8.44. The molecule has 1 aliphatic heterocycles. The molecule has 1 amide bonds. The van der Waals surface area contributed by atoms with Crippen LogP contribution in [0, 0.1) is 0 Å². The van der Waals surface area contributed by atoms with Gasteiger partial charge in [0.1, 0.15) is 11.5 Å². The number of rotatable bonds is 6. The SMILES string of the molecule is COc1ccccc1C1(CNC(=O)/C=C/c2ccco2)CCOCC1. The van der Waals surface area contributed by atoms with Crippen molar-refractivity contribution in [1.29, 1.82) is 0 Å². The highest BCUT2D eigenvalue weighted by atomic mass is 16.5. The van der Waals surface area contributed by atoms with Gasteiger partial charge in [-0.1, -0.05) is 18.2 Å². The molecule has 132 valence electrons. The first-order chi connectivity index (χ1) is 12.2. The quantitative estimate of drug-likeness (QED) is 0.820. The van der Waals surface area contributed by atoms with Crippen molar-refractivity contribution in [1.82, 2.24) is 5.32 Å². The van der Waals surface area contributed by atoms with Crippen molar-refractivity contribution < 1.29 is 18.7 Å². The Morgan fingerprint density at radius 2 is 2.04 bits per heavy atom. The Hall–Kier alpha value is -2.53. The fourth-order valence-corrected chi connectivity index (χ4v) is 3.25. The van der Waals surface area contributed by atoms with E-state index in [-0.39, 0.29) is 11.3 Å². The summed E-state index contributed by atoms with van der Waals surface area (Å²) in [6.07, 6.45) is 6.42. The average molecular weight is 341 g/mol. The molecule has 3 rings (SSSR count). The Labute approximate surface area is 147 Å². The van der Waals surface area contributed by atoms with Gasteiger partial charge in [-0.3, -0.25) is 4.79 Å². The third-order valence-electron chi connectivity index (χ3n) is 4.67. The van der Waals surface area contributed by atoms with Gasteiger partial charge >= 0.3 is 0 Å². The van der Waals surface area contributed by atoms with Crippen molar-refractivity contribution in [3.05, 3.63) is 60.1 Å². The van der Waals surface area contributed by atoms with Crippen molar-refractivity contribution >= 4 is 12.0 Å². The molecule has 0 atom stereocenters. The number of carbonyl (C=O) groups is 1. The average Bonchev–Trinajstić information content (AvgIpc) is 3.19. The maximum atomic E-state index is 12.2. The molecule has 25 heavy (non-hydrogen) atoms. The fourth-order valence-electron chi connectivity index (χ4n) is 3.25. The van der Waals surface area contributed by atoms with E-state index in [1.807, 2.05) is 18.2 Å². The summed E-state index contributed by atoms with van der Waals surface area (Å²) >= 11 is 0. The number of hydrogen-bond acceptors (Lipinski definition) is 4. The largest absolute Gasteiger partial charge is 0.496 e. The number of hydrogen-bond donors (Lipinski definition) is 1. The van der Waals surface area contributed by atoms with Crippen LogP contribution in [0.4, 0.5) is 0 Å². The summed E-state index contributed by atoms with van der Waals surface area (Å²) in [6, 6.07) is 11.6. The first kappa shape index (κ1) is 17.3. The van der Waals surface area contributed by atoms with E-state index in [1.54, 1.807) is 31.6 Å². The third kappa shape index (κ3) is 4.12. The van der Waals surface area contributed by atoms with Crippen LogP contribution in [0.15, 0.2) is 53.2 Å². The Bertz CT molecular complexity index is 715. The molecule has 5 heteroatoms. The van der Waals surface area contributed by atoms with E-state index in [0.29, 0.717) is 25.5 Å². The number of ether oxygens (including phenoxy) is 2. The second-order valence-corrected chi connectivity index (χ2v) is 6.16. The Morgan fingerprint density at radius 3 is 2.76 bits per heavy atom. The van der Waals surface area contributed by atoms with E-state index < -0.39 is 0 Å². The Balaban J connectivity index is 1.74. The first-order valence-corrected chi connectivity index (χ1v) is 8.44. The molecule has 1 fully saturated rings. The maximum Gasteiger partial charge on any atom is 0.244 e. The van der Waals surface area contributed by atoms with Crippen LogP contribution in [-0.2, 0) is 14.9 Å². The van der Waals surface area contributed by atoms with Gasteiger partial charge in [0.25, 0.3) is 0 Å². The molecule has 1 saturated heterocycles. The molecule has 1 aromatic heterocycles. The van der Waals surface area contributed by atoms with Crippen molar-refractivity contribution in [3.63, 3.8) is 0 Å². The molecule has 1 N–H and O–H groups in total. The van der Waals surface area contributed by atoms with Gasteiger partial charge in [-0.2, -0.15) is 0 Å². The molecule has 1 aromatic carbocycles. The molecule has 2 aromatic rings. The number of furan rings is 1. The van der Waals surface area contributed by atoms with Crippen LogP contribution < -0.4 is 10.1 Å². The lowest BCUT2D eigenvalue weighted by Gasteiger charge is -2.38. The molecule has 5 nitrogen and oxygen atoms in total. The highest BCUT2D eigenvalue weighted by Crippen LogP contribution is 2.39. The standard InChI is InChI=1S/C20H23NO4/c1-23-18-7-3-2-6-17(18)20(10-13-24-14-11-20)15-21-19(22)9-8-16-5-4-12-25-16/h2-9,12H,10-11,13-15H2,1H3,(H,21,22)/b9-8+. The predicted octanol–water partition coefficient (Wildman–Crippen LogP) is 3.17. The lowest BCUT2D eigenvalue weighted by molar-refractivity contribution is -0.117. The normalized spacial score (nSPS) is 16.7. The van der Waals surface area contributed by atoms with E-state index in [1.165, 1.54) is 6.08 Å². The fraction of sp³-hybridized carbons (Fsp3) is 0.350. The molecule has 2 heterocycles. The Kier molecular flexibility index (Phi) is 5.56. The zero-order valence-corrected chi connectivity index (χ0v) is 14.4. The molecule has 0 bridgehead atoms. The lowest BCUT2D eigenvalue weighted by Crippen LogP contribution is -2.44. The highest BCUT2D eigenvalue weighted by molar-refractivity contribution is 5.91. The molecule has 1 aliphatic rings. The molecule has 0 unspecified atom stereocenters. The minimum absolute atomic E-state index is 0.142. The summed E-state index contributed by atoms with van der Waals surface area (Å²) in [4.78, 5) is 12.2. The highest BCUT2D eigenvalue weighted by Gasteiger charge is 2.36. The topological polar surface area (TPSA) is 60.7 Å². The van der Waals surface area contributed by atoms with Crippen LogP contribution in [0.25, 0.3) is 6.08 Å². The van der Waals surface area contributed by atoms with Gasteiger partial charge in [0.05, 0.1) is 13.4 Å². The molecule has 0 saturated carbocycles. The van der Waals surface area contributed by atoms with E-state index >= 15 is 0 Å². The van der Waals surface area contributed by atoms with Crippen LogP contribution in [0.3, 0.4) is 0 Å². The van der Waals surface area contributed by atoms with Crippen LogP contribution in [0.2, 0.25) is 0 Å². The lowest BCUT2D eigenvalue weighted by atomic mass is 9.73. The van der Waals surface area contributed by atoms with Gasteiger partial charge in [0, 0.05) is 36.8 Å². The smallest absolute Gasteiger partial charge is 0.244 e. The summed E-state index contributed by atoms with van der Waals surface area (Å²) in [5.41, 5.74) is 0.940. The summed E-state index contributed by atoms with van der Waals surface area (Å²) < 4.78 is 16.3. The second-order valence-electron chi connectivity index (χ2n) is 6.16. The van der Waals surface area contributed by atoms with Crippen LogP contribution in [0.5, 0.6) is 5.75 Å². The number of para-hydroxylation sites is 1. The maximum absolute atomic E-state index is 12.2. The molecule has 0 radical (unpaired) electrons. The molecule has 0 spiro atoms. The van der Waals surface area contributed by atoms with Crippen molar-refractivity contribution in [2.45, 2.75) is 18.3 Å². The van der Waals surface area contributed by atoms with Gasteiger partial charge in [-0.25, -0.2) is 0 Å². The van der Waals surface area contributed by atoms with Gasteiger partial charge in [-0.05, 0) is 37.1 Å². The van der Waals surface area contributed by atoms with Gasteiger partial charge in [-0.15, -0.1) is 0 Å². The van der Waals surface area contributed by atoms with Gasteiger partial charge < -0.3 is 19.2 Å². The second kappa shape index (κ2) is 8.03. The van der Waals surface area contributed by atoms with Crippen molar-refractivity contribution in [2.24, 2.45) is 0 Å².